The van der Waals surface area contributed by atoms with Crippen LogP contribution in [0.15, 0.2) is 24.5 Å². The van der Waals surface area contributed by atoms with Crippen LogP contribution in [-0.4, -0.2) is 93.5 Å². The lowest BCUT2D eigenvalue weighted by molar-refractivity contribution is -0.142. The molecular formula is C22H24N8O3. The summed E-state index contributed by atoms with van der Waals surface area (Å²) in [6.07, 6.45) is 3.36. The van der Waals surface area contributed by atoms with Crippen molar-refractivity contribution in [1.82, 2.24) is 35.2 Å². The highest BCUT2D eigenvalue weighted by Gasteiger charge is 2.24. The van der Waals surface area contributed by atoms with Gasteiger partial charge in [-0.3, -0.25) is 14.7 Å². The average molecular weight is 448 g/mol. The van der Waals surface area contributed by atoms with Crippen LogP contribution in [0, 0.1) is 11.8 Å². The van der Waals surface area contributed by atoms with Crippen LogP contribution in [-0.2, 0) is 14.3 Å². The van der Waals surface area contributed by atoms with Crippen LogP contribution in [0.1, 0.15) is 12.5 Å². The fraction of sp³-hybridized carbons (Fsp3) is 0.409. The van der Waals surface area contributed by atoms with E-state index in [0.29, 0.717) is 74.2 Å². The number of ketones is 1. The zero-order valence-corrected chi connectivity index (χ0v) is 18.2. The summed E-state index contributed by atoms with van der Waals surface area (Å²) < 4.78 is 7.19. The Balaban J connectivity index is 1.54. The van der Waals surface area contributed by atoms with Gasteiger partial charge < -0.3 is 19.9 Å². The molecule has 5 rings (SSSR count). The van der Waals surface area contributed by atoms with E-state index in [-0.39, 0.29) is 6.04 Å². The minimum atomic E-state index is -0.720. The molecule has 0 spiro atoms. The number of carbonyl (C=O) groups excluding carboxylic acids is 2. The number of H-pyrrole nitrogens is 1. The first-order valence-electron chi connectivity index (χ1n) is 10.9. The van der Waals surface area contributed by atoms with Crippen LogP contribution in [0.2, 0.25) is 0 Å². The van der Waals surface area contributed by atoms with Crippen molar-refractivity contribution in [2.24, 2.45) is 0 Å². The van der Waals surface area contributed by atoms with Crippen molar-refractivity contribution in [3.63, 3.8) is 0 Å². The van der Waals surface area contributed by atoms with E-state index >= 15 is 0 Å². The Labute approximate surface area is 190 Å². The number of fused-ring (bicyclic) bond motifs is 1. The number of aromatic nitrogens is 5. The van der Waals surface area contributed by atoms with Crippen molar-refractivity contribution in [1.29, 1.82) is 0 Å². The molecule has 0 aliphatic carbocycles. The van der Waals surface area contributed by atoms with Crippen LogP contribution in [0.3, 0.4) is 0 Å². The number of pyridine rings is 1. The molecule has 5 heterocycles. The van der Waals surface area contributed by atoms with Gasteiger partial charge in [-0.25, -0.2) is 4.98 Å². The smallest absolute Gasteiger partial charge is 0.303 e. The lowest BCUT2D eigenvalue weighted by Crippen LogP contribution is -2.48. The highest BCUT2D eigenvalue weighted by molar-refractivity contribution is 6.43. The van der Waals surface area contributed by atoms with Gasteiger partial charge in [-0.2, -0.15) is 14.9 Å². The molecular weight excluding hydrogens is 424 g/mol. The number of nitrogens with zero attached hydrogens (tertiary/aromatic N) is 6. The average Bonchev–Trinajstić information content (AvgIpc) is 3.52. The number of amides is 1. The van der Waals surface area contributed by atoms with E-state index in [1.807, 2.05) is 6.07 Å². The summed E-state index contributed by atoms with van der Waals surface area (Å²) in [5, 5.41) is 15.3. The zero-order chi connectivity index (χ0) is 22.8. The molecule has 2 aliphatic heterocycles. The topological polar surface area (TPSA) is 121 Å². The fourth-order valence-corrected chi connectivity index (χ4v) is 4.03. The fourth-order valence-electron chi connectivity index (χ4n) is 4.03. The van der Waals surface area contributed by atoms with Gasteiger partial charge in [0.1, 0.15) is 5.82 Å². The normalized spacial score (nSPS) is 18.8. The molecule has 2 saturated heterocycles. The minimum Gasteiger partial charge on any atom is -0.377 e. The molecule has 0 unspecified atom stereocenters. The maximum absolute atomic E-state index is 12.5. The predicted molar refractivity (Wildman–Crippen MR) is 120 cm³/mol. The van der Waals surface area contributed by atoms with Crippen molar-refractivity contribution in [3.05, 3.63) is 30.1 Å². The molecule has 1 amide bonds. The number of anilines is 1. The van der Waals surface area contributed by atoms with Gasteiger partial charge in [0.05, 0.1) is 30.8 Å². The summed E-state index contributed by atoms with van der Waals surface area (Å²) in [6, 6.07) is 3.76. The molecule has 33 heavy (non-hydrogen) atoms. The molecule has 3 aromatic heterocycles. The molecule has 0 aromatic carbocycles. The predicted octanol–water partition coefficient (Wildman–Crippen LogP) is -0.279. The highest BCUT2D eigenvalue weighted by Crippen LogP contribution is 2.26. The van der Waals surface area contributed by atoms with Crippen molar-refractivity contribution < 1.29 is 14.3 Å². The first kappa shape index (κ1) is 21.1. The Morgan fingerprint density at radius 2 is 2.06 bits per heavy atom. The first-order valence-corrected chi connectivity index (χ1v) is 10.9. The van der Waals surface area contributed by atoms with Crippen LogP contribution in [0.4, 0.5) is 5.82 Å². The number of carbonyl (C=O) groups is 2. The molecule has 2 aliphatic rings. The summed E-state index contributed by atoms with van der Waals surface area (Å²) in [5.74, 6) is 5.48. The SMILES string of the molecule is C[C@@H]1COCCN1c1cc(C#CC(=O)C(=O)N2CCNCC2)c2cnn(-c3cc[nH]n3)c2n1. The van der Waals surface area contributed by atoms with E-state index in [2.05, 4.69) is 44.3 Å². The molecule has 0 saturated carbocycles. The Kier molecular flexibility index (Phi) is 5.77. The van der Waals surface area contributed by atoms with E-state index in [9.17, 15) is 9.59 Å². The van der Waals surface area contributed by atoms with Crippen molar-refractivity contribution in [2.45, 2.75) is 13.0 Å². The molecule has 1 atom stereocenters. The molecule has 0 bridgehead atoms. The van der Waals surface area contributed by atoms with Crippen LogP contribution in [0.25, 0.3) is 16.9 Å². The Bertz CT molecular complexity index is 1230. The second-order valence-electron chi connectivity index (χ2n) is 7.99. The van der Waals surface area contributed by atoms with Crippen LogP contribution in [0.5, 0.6) is 0 Å². The number of piperazine rings is 1. The summed E-state index contributed by atoms with van der Waals surface area (Å²) in [7, 11) is 0. The number of morpholine rings is 1. The number of hydrogen-bond acceptors (Lipinski definition) is 8. The monoisotopic (exact) mass is 448 g/mol. The quantitative estimate of drug-likeness (QED) is 0.415. The number of nitrogens with one attached hydrogen (secondary N) is 2. The van der Waals surface area contributed by atoms with Crippen molar-refractivity contribution in [2.75, 3.05) is 50.8 Å². The van der Waals surface area contributed by atoms with E-state index < -0.39 is 11.7 Å². The van der Waals surface area contributed by atoms with E-state index in [1.54, 1.807) is 23.1 Å². The standard InChI is InChI=1S/C22H24N8O3/c1-15-14-33-11-10-29(15)20-12-16(2-3-18(31)22(32)28-8-6-23-7-9-28)17-13-25-30(21(17)26-20)19-4-5-24-27-19/h4-5,12-13,15,23H,6-11,14H2,1H3,(H,24,27)/t15-/m1/s1. The lowest BCUT2D eigenvalue weighted by atomic mass is 10.1. The van der Waals surface area contributed by atoms with Gasteiger partial charge in [-0.15, -0.1) is 0 Å². The van der Waals surface area contributed by atoms with Crippen molar-refractivity contribution in [3.8, 4) is 17.7 Å². The number of ether oxygens (including phenoxy) is 1. The highest BCUT2D eigenvalue weighted by atomic mass is 16.5. The lowest BCUT2D eigenvalue weighted by Gasteiger charge is -2.34. The molecule has 2 N–H and O–H groups in total. The van der Waals surface area contributed by atoms with Gasteiger partial charge in [-0.05, 0) is 18.9 Å². The Morgan fingerprint density at radius 1 is 1.21 bits per heavy atom. The largest absolute Gasteiger partial charge is 0.377 e. The van der Waals surface area contributed by atoms with Crippen LogP contribution < -0.4 is 10.2 Å². The number of aromatic amines is 1. The molecule has 3 aromatic rings. The van der Waals surface area contributed by atoms with Crippen LogP contribution >= 0.6 is 0 Å². The van der Waals surface area contributed by atoms with Gasteiger partial charge in [0.25, 0.3) is 5.78 Å². The zero-order valence-electron chi connectivity index (χ0n) is 18.2. The molecule has 170 valence electrons. The number of Topliss-reactive ketones (excluding diaryl/α,β-unsaturated/α-hetero) is 1. The molecule has 0 radical (unpaired) electrons. The maximum atomic E-state index is 12.5. The van der Waals surface area contributed by atoms with Gasteiger partial charge in [0.2, 0.25) is 0 Å². The van der Waals surface area contributed by atoms with Gasteiger partial charge in [0, 0.05) is 50.6 Å². The van der Waals surface area contributed by atoms with Crippen molar-refractivity contribution >= 4 is 28.5 Å². The number of hydrogen-bond donors (Lipinski definition) is 2. The summed E-state index contributed by atoms with van der Waals surface area (Å²) in [6.45, 7) is 6.29. The second kappa shape index (κ2) is 9.01. The minimum absolute atomic E-state index is 0.127. The van der Waals surface area contributed by atoms with Gasteiger partial charge in [-0.1, -0.05) is 5.92 Å². The first-order chi connectivity index (χ1) is 16.1. The number of rotatable bonds is 3. The van der Waals surface area contributed by atoms with Gasteiger partial charge in [0.15, 0.2) is 11.5 Å². The second-order valence-corrected chi connectivity index (χ2v) is 7.99. The van der Waals surface area contributed by atoms with E-state index in [1.165, 1.54) is 4.90 Å². The summed E-state index contributed by atoms with van der Waals surface area (Å²) in [4.78, 5) is 33.5. The summed E-state index contributed by atoms with van der Waals surface area (Å²) in [5.41, 5.74) is 1.15. The third-order valence-electron chi connectivity index (χ3n) is 5.80. The Hall–Kier alpha value is -3.75. The Morgan fingerprint density at radius 3 is 2.82 bits per heavy atom. The van der Waals surface area contributed by atoms with E-state index in [4.69, 9.17) is 9.72 Å². The third kappa shape index (κ3) is 4.18. The summed E-state index contributed by atoms with van der Waals surface area (Å²) >= 11 is 0. The molecule has 11 heteroatoms. The van der Waals surface area contributed by atoms with Gasteiger partial charge >= 0.3 is 5.91 Å². The maximum Gasteiger partial charge on any atom is 0.303 e. The third-order valence-corrected chi connectivity index (χ3v) is 5.80. The molecule has 2 fully saturated rings. The van der Waals surface area contributed by atoms with E-state index in [0.717, 1.165) is 0 Å². The molecule has 11 nitrogen and oxygen atoms in total.